The molecule has 0 unspecified atom stereocenters. The Labute approximate surface area is 288 Å². The van der Waals surface area contributed by atoms with Crippen LogP contribution < -0.4 is 0 Å². The topological polar surface area (TPSA) is 48.5 Å². The summed E-state index contributed by atoms with van der Waals surface area (Å²) in [6, 6.07) is 57.2. The minimum Gasteiger partial charge on any atom is -0.309 e. The number of aromatic nitrogens is 5. The first-order valence-corrected chi connectivity index (χ1v) is 16.8. The molecule has 0 spiro atoms. The molecule has 0 saturated carbocycles. The average molecular weight is 640 g/mol. The van der Waals surface area contributed by atoms with Crippen LogP contribution in [0.25, 0.3) is 88.9 Å². The minimum absolute atomic E-state index is 0.605. The van der Waals surface area contributed by atoms with E-state index in [1.807, 2.05) is 24.5 Å². The predicted octanol–water partition coefficient (Wildman–Crippen LogP) is 11.1. The van der Waals surface area contributed by atoms with Gasteiger partial charge in [-0.2, -0.15) is 0 Å². The minimum atomic E-state index is 0.605. The van der Waals surface area contributed by atoms with Crippen molar-refractivity contribution in [3.8, 4) is 45.3 Å². The van der Waals surface area contributed by atoms with Gasteiger partial charge in [0.2, 0.25) is 5.95 Å². The summed E-state index contributed by atoms with van der Waals surface area (Å²) < 4.78 is 4.49. The number of benzene rings is 6. The number of fused-ring (bicyclic) bond motifs is 6. The Balaban J connectivity index is 1.10. The Morgan fingerprint density at radius 2 is 0.880 bits per heavy atom. The first-order valence-electron chi connectivity index (χ1n) is 16.8. The molecule has 0 aliphatic rings. The van der Waals surface area contributed by atoms with E-state index in [0.29, 0.717) is 5.95 Å². The first-order chi connectivity index (χ1) is 24.8. The van der Waals surface area contributed by atoms with Gasteiger partial charge in [0.15, 0.2) is 0 Å². The van der Waals surface area contributed by atoms with E-state index in [9.17, 15) is 0 Å². The third-order valence-corrected chi connectivity index (χ3v) is 9.65. The number of hydrogen-bond donors (Lipinski definition) is 0. The van der Waals surface area contributed by atoms with E-state index < -0.39 is 0 Å². The molecule has 234 valence electrons. The van der Waals surface area contributed by atoms with Gasteiger partial charge in [-0.3, -0.25) is 4.57 Å². The summed E-state index contributed by atoms with van der Waals surface area (Å²) in [5.41, 5.74) is 11.5. The first kappa shape index (κ1) is 28.2. The molecular formula is C45H29N5. The zero-order valence-corrected chi connectivity index (χ0v) is 27.0. The molecule has 4 heterocycles. The Morgan fingerprint density at radius 3 is 1.48 bits per heavy atom. The zero-order valence-electron chi connectivity index (χ0n) is 27.0. The molecule has 0 atom stereocenters. The molecule has 0 aliphatic carbocycles. The molecule has 10 rings (SSSR count). The normalized spacial score (nSPS) is 11.6. The van der Waals surface area contributed by atoms with Crippen LogP contribution in [0.1, 0.15) is 0 Å². The second kappa shape index (κ2) is 11.4. The lowest BCUT2D eigenvalue weighted by molar-refractivity contribution is 0.988. The molecule has 0 N–H and O–H groups in total. The van der Waals surface area contributed by atoms with Gasteiger partial charge < -0.3 is 4.57 Å². The fraction of sp³-hybridized carbons (Fsp3) is 0. The van der Waals surface area contributed by atoms with Gasteiger partial charge in [-0.05, 0) is 42.0 Å². The number of hydrogen-bond acceptors (Lipinski definition) is 3. The van der Waals surface area contributed by atoms with Crippen molar-refractivity contribution < 1.29 is 0 Å². The smallest absolute Gasteiger partial charge is 0.234 e. The Morgan fingerprint density at radius 1 is 0.380 bits per heavy atom. The Kier molecular flexibility index (Phi) is 6.42. The van der Waals surface area contributed by atoms with Crippen LogP contribution in [0.5, 0.6) is 0 Å². The summed E-state index contributed by atoms with van der Waals surface area (Å²) in [7, 11) is 0. The maximum atomic E-state index is 5.28. The van der Waals surface area contributed by atoms with Gasteiger partial charge in [-0.15, -0.1) is 0 Å². The summed E-state index contributed by atoms with van der Waals surface area (Å²) in [6.07, 6.45) is 3.85. The molecule has 50 heavy (non-hydrogen) atoms. The number of nitrogens with zero attached hydrogens (tertiary/aromatic N) is 5. The van der Waals surface area contributed by atoms with Crippen molar-refractivity contribution in [3.05, 3.63) is 176 Å². The van der Waals surface area contributed by atoms with Crippen LogP contribution in [0, 0.1) is 0 Å². The summed E-state index contributed by atoms with van der Waals surface area (Å²) in [5.74, 6) is 0.605. The lowest BCUT2D eigenvalue weighted by atomic mass is 10.0. The molecule has 0 amide bonds. The summed E-state index contributed by atoms with van der Waals surface area (Å²) in [5, 5.41) is 4.75. The molecule has 4 aromatic heterocycles. The molecule has 5 heteroatoms. The van der Waals surface area contributed by atoms with Crippen LogP contribution >= 0.6 is 0 Å². The lowest BCUT2D eigenvalue weighted by Crippen LogP contribution is -2.03. The van der Waals surface area contributed by atoms with Gasteiger partial charge in [-0.1, -0.05) is 127 Å². The maximum absolute atomic E-state index is 5.28. The fourth-order valence-corrected chi connectivity index (χ4v) is 7.34. The SMILES string of the molecule is c1ccc(-c2cc3c4ccccc4n(-c4ncc(-c5ccc(-n6c7ccccc7c7ccccc76)cc5)cn4)c3c(-c3ccccc3)n2)cc1. The van der Waals surface area contributed by atoms with Crippen molar-refractivity contribution in [1.82, 2.24) is 24.1 Å². The van der Waals surface area contributed by atoms with E-state index in [1.54, 1.807) is 0 Å². The van der Waals surface area contributed by atoms with Crippen molar-refractivity contribution >= 4 is 43.6 Å². The number of rotatable bonds is 5. The largest absolute Gasteiger partial charge is 0.309 e. The predicted molar refractivity (Wildman–Crippen MR) is 205 cm³/mol. The monoisotopic (exact) mass is 639 g/mol. The molecule has 6 aromatic carbocycles. The highest BCUT2D eigenvalue weighted by molar-refractivity contribution is 6.14. The van der Waals surface area contributed by atoms with E-state index in [2.05, 4.69) is 161 Å². The van der Waals surface area contributed by atoms with Crippen molar-refractivity contribution in [2.24, 2.45) is 0 Å². The van der Waals surface area contributed by atoms with E-state index in [1.165, 1.54) is 21.8 Å². The van der Waals surface area contributed by atoms with Crippen molar-refractivity contribution in [2.75, 3.05) is 0 Å². The summed E-state index contributed by atoms with van der Waals surface area (Å²) in [4.78, 5) is 15.2. The quantitative estimate of drug-likeness (QED) is 0.188. The number of pyridine rings is 1. The molecule has 0 aliphatic heterocycles. The fourth-order valence-electron chi connectivity index (χ4n) is 7.34. The maximum Gasteiger partial charge on any atom is 0.234 e. The highest BCUT2D eigenvalue weighted by Crippen LogP contribution is 2.39. The molecular weight excluding hydrogens is 611 g/mol. The molecule has 0 fully saturated rings. The van der Waals surface area contributed by atoms with E-state index >= 15 is 0 Å². The molecule has 10 aromatic rings. The van der Waals surface area contributed by atoms with E-state index in [-0.39, 0.29) is 0 Å². The second-order valence-corrected chi connectivity index (χ2v) is 12.5. The molecule has 0 saturated heterocycles. The molecule has 5 nitrogen and oxygen atoms in total. The van der Waals surface area contributed by atoms with Crippen LogP contribution in [0.15, 0.2) is 176 Å². The van der Waals surface area contributed by atoms with E-state index in [4.69, 9.17) is 15.0 Å². The lowest BCUT2D eigenvalue weighted by Gasteiger charge is -2.12. The van der Waals surface area contributed by atoms with Crippen LogP contribution in [0.3, 0.4) is 0 Å². The average Bonchev–Trinajstić information content (AvgIpc) is 3.72. The molecule has 0 bridgehead atoms. The standard InChI is InChI=1S/C45H29N5/c1-3-13-31(14-4-1)39-27-38-37-19-9-12-22-42(37)50(44(38)43(48-39)32-15-5-2-6-16-32)45-46-28-33(29-47-45)30-23-25-34(26-24-30)49-40-20-10-7-17-35(40)36-18-8-11-21-41(36)49/h1-29H. The number of para-hydroxylation sites is 3. The van der Waals surface area contributed by atoms with Crippen LogP contribution in [-0.4, -0.2) is 24.1 Å². The Hall–Kier alpha value is -6.85. The van der Waals surface area contributed by atoms with Gasteiger partial charge in [0.1, 0.15) is 0 Å². The van der Waals surface area contributed by atoms with E-state index in [0.717, 1.165) is 61.1 Å². The van der Waals surface area contributed by atoms with Gasteiger partial charge in [0.05, 0.1) is 33.5 Å². The van der Waals surface area contributed by atoms with Crippen molar-refractivity contribution in [3.63, 3.8) is 0 Å². The summed E-state index contributed by atoms with van der Waals surface area (Å²) >= 11 is 0. The molecule has 0 radical (unpaired) electrons. The summed E-state index contributed by atoms with van der Waals surface area (Å²) in [6.45, 7) is 0. The van der Waals surface area contributed by atoms with Crippen LogP contribution in [0.2, 0.25) is 0 Å². The van der Waals surface area contributed by atoms with Crippen LogP contribution in [0.4, 0.5) is 0 Å². The van der Waals surface area contributed by atoms with Gasteiger partial charge in [0, 0.05) is 56.3 Å². The Bertz CT molecular complexity index is 2780. The van der Waals surface area contributed by atoms with Gasteiger partial charge >= 0.3 is 0 Å². The van der Waals surface area contributed by atoms with Crippen molar-refractivity contribution in [2.45, 2.75) is 0 Å². The third-order valence-electron chi connectivity index (χ3n) is 9.65. The van der Waals surface area contributed by atoms with Crippen LogP contribution in [-0.2, 0) is 0 Å². The van der Waals surface area contributed by atoms with Gasteiger partial charge in [-0.25, -0.2) is 15.0 Å². The zero-order chi connectivity index (χ0) is 33.0. The van der Waals surface area contributed by atoms with Gasteiger partial charge in [0.25, 0.3) is 0 Å². The highest BCUT2D eigenvalue weighted by atomic mass is 15.2. The second-order valence-electron chi connectivity index (χ2n) is 12.5. The highest BCUT2D eigenvalue weighted by Gasteiger charge is 2.21. The van der Waals surface area contributed by atoms with Crippen molar-refractivity contribution in [1.29, 1.82) is 0 Å². The third kappa shape index (κ3) is 4.45.